The molecule has 0 aliphatic carbocycles. The first-order valence-electron chi connectivity index (χ1n) is 5.01. The number of halogens is 1. The highest BCUT2D eigenvalue weighted by atomic mass is 35.5. The van der Waals surface area contributed by atoms with Crippen molar-refractivity contribution in [2.75, 3.05) is 7.11 Å². The summed E-state index contributed by atoms with van der Waals surface area (Å²) in [5.41, 5.74) is 1.55. The molecule has 1 aliphatic heterocycles. The van der Waals surface area contributed by atoms with E-state index >= 15 is 0 Å². The van der Waals surface area contributed by atoms with Crippen LogP contribution in [0.5, 0.6) is 5.75 Å². The molecule has 0 bridgehead atoms. The second-order valence-corrected chi connectivity index (χ2v) is 6.24. The van der Waals surface area contributed by atoms with Crippen molar-refractivity contribution >= 4 is 29.1 Å². The normalized spacial score (nSPS) is 18.1. The number of methoxy groups -OCH3 is 1. The highest BCUT2D eigenvalue weighted by molar-refractivity contribution is 8.00. The SMILES string of the molecule is COc1ccc(Cl)c2c1CSC(C)(C)C2=O. The van der Waals surface area contributed by atoms with E-state index in [1.165, 1.54) is 0 Å². The predicted octanol–water partition coefficient (Wildman–Crippen LogP) is 3.56. The fraction of sp³-hybridized carbons (Fsp3) is 0.417. The van der Waals surface area contributed by atoms with Crippen molar-refractivity contribution in [1.29, 1.82) is 0 Å². The van der Waals surface area contributed by atoms with Crippen molar-refractivity contribution in [2.24, 2.45) is 0 Å². The minimum absolute atomic E-state index is 0.0858. The third kappa shape index (κ3) is 1.72. The smallest absolute Gasteiger partial charge is 0.180 e. The van der Waals surface area contributed by atoms with Gasteiger partial charge in [-0.15, -0.1) is 11.8 Å². The van der Waals surface area contributed by atoms with E-state index in [-0.39, 0.29) is 5.78 Å². The number of fused-ring (bicyclic) bond motifs is 1. The van der Waals surface area contributed by atoms with Gasteiger partial charge in [-0.1, -0.05) is 11.6 Å². The van der Waals surface area contributed by atoms with Crippen LogP contribution in [0.25, 0.3) is 0 Å². The minimum Gasteiger partial charge on any atom is -0.496 e. The number of hydrogen-bond acceptors (Lipinski definition) is 3. The number of Topliss-reactive ketones (excluding diaryl/α,β-unsaturated/α-hetero) is 1. The summed E-state index contributed by atoms with van der Waals surface area (Å²) in [7, 11) is 1.61. The van der Waals surface area contributed by atoms with Gasteiger partial charge in [0.1, 0.15) is 5.75 Å². The Morgan fingerprint density at radius 2 is 2.12 bits per heavy atom. The van der Waals surface area contributed by atoms with E-state index in [0.29, 0.717) is 10.6 Å². The van der Waals surface area contributed by atoms with Crippen LogP contribution >= 0.6 is 23.4 Å². The lowest BCUT2D eigenvalue weighted by molar-refractivity contribution is 0.0955. The Balaban J connectivity index is 2.64. The van der Waals surface area contributed by atoms with Crippen LogP contribution in [0.15, 0.2) is 12.1 Å². The molecule has 1 aliphatic rings. The lowest BCUT2D eigenvalue weighted by atomic mass is 9.95. The molecule has 86 valence electrons. The molecule has 0 radical (unpaired) electrons. The van der Waals surface area contributed by atoms with Crippen molar-refractivity contribution in [2.45, 2.75) is 24.3 Å². The van der Waals surface area contributed by atoms with Gasteiger partial charge in [-0.25, -0.2) is 0 Å². The summed E-state index contributed by atoms with van der Waals surface area (Å²) in [6, 6.07) is 3.54. The molecule has 0 N–H and O–H groups in total. The number of benzene rings is 1. The van der Waals surface area contributed by atoms with E-state index < -0.39 is 4.75 Å². The number of ether oxygens (including phenoxy) is 1. The van der Waals surface area contributed by atoms with Crippen LogP contribution in [0, 0.1) is 0 Å². The zero-order valence-corrected chi connectivity index (χ0v) is 11.0. The summed E-state index contributed by atoms with van der Waals surface area (Å²) < 4.78 is 4.86. The number of ketones is 1. The Hall–Kier alpha value is -0.670. The zero-order valence-electron chi connectivity index (χ0n) is 9.46. The van der Waals surface area contributed by atoms with Crippen molar-refractivity contribution in [3.8, 4) is 5.75 Å². The Labute approximate surface area is 104 Å². The van der Waals surface area contributed by atoms with Crippen molar-refractivity contribution < 1.29 is 9.53 Å². The first-order valence-corrected chi connectivity index (χ1v) is 6.38. The molecule has 16 heavy (non-hydrogen) atoms. The molecule has 0 amide bonds. The Morgan fingerprint density at radius 1 is 1.44 bits per heavy atom. The molecule has 0 aromatic heterocycles. The van der Waals surface area contributed by atoms with Crippen molar-refractivity contribution in [3.05, 3.63) is 28.3 Å². The van der Waals surface area contributed by atoms with Crippen LogP contribution in [-0.2, 0) is 5.75 Å². The van der Waals surface area contributed by atoms with Gasteiger partial charge in [-0.2, -0.15) is 0 Å². The Morgan fingerprint density at radius 3 is 2.75 bits per heavy atom. The van der Waals surface area contributed by atoms with Gasteiger partial charge in [-0.3, -0.25) is 4.79 Å². The maximum absolute atomic E-state index is 12.3. The van der Waals surface area contributed by atoms with Crippen LogP contribution in [-0.4, -0.2) is 17.6 Å². The summed E-state index contributed by atoms with van der Waals surface area (Å²) >= 11 is 7.73. The molecule has 0 unspecified atom stereocenters. The average molecular weight is 257 g/mol. The van der Waals surface area contributed by atoms with E-state index in [0.717, 1.165) is 17.1 Å². The average Bonchev–Trinajstić information content (AvgIpc) is 2.24. The maximum Gasteiger partial charge on any atom is 0.180 e. The largest absolute Gasteiger partial charge is 0.496 e. The van der Waals surface area contributed by atoms with Gasteiger partial charge < -0.3 is 4.74 Å². The van der Waals surface area contributed by atoms with Crippen molar-refractivity contribution in [3.63, 3.8) is 0 Å². The zero-order chi connectivity index (χ0) is 11.9. The highest BCUT2D eigenvalue weighted by Crippen LogP contribution is 2.43. The van der Waals surface area contributed by atoms with Gasteiger partial charge in [0, 0.05) is 16.9 Å². The summed E-state index contributed by atoms with van der Waals surface area (Å²) in [5.74, 6) is 1.59. The van der Waals surface area contributed by atoms with Gasteiger partial charge >= 0.3 is 0 Å². The van der Waals surface area contributed by atoms with Crippen LogP contribution in [0.1, 0.15) is 29.8 Å². The second kappa shape index (κ2) is 3.97. The Kier molecular flexibility index (Phi) is 2.93. The van der Waals surface area contributed by atoms with E-state index in [1.54, 1.807) is 24.9 Å². The van der Waals surface area contributed by atoms with Gasteiger partial charge in [0.15, 0.2) is 5.78 Å². The first kappa shape index (κ1) is 11.8. The second-order valence-electron chi connectivity index (χ2n) is 4.23. The van der Waals surface area contributed by atoms with Gasteiger partial charge in [0.05, 0.1) is 16.9 Å². The quantitative estimate of drug-likeness (QED) is 0.769. The minimum atomic E-state index is -0.400. The summed E-state index contributed by atoms with van der Waals surface area (Å²) in [4.78, 5) is 12.3. The predicted molar refractivity (Wildman–Crippen MR) is 67.7 cm³/mol. The number of thioether (sulfide) groups is 1. The lowest BCUT2D eigenvalue weighted by Gasteiger charge is -2.30. The van der Waals surface area contributed by atoms with Crippen LogP contribution in [0.3, 0.4) is 0 Å². The topological polar surface area (TPSA) is 26.3 Å². The Bertz CT molecular complexity index is 455. The van der Waals surface area contributed by atoms with Crippen LogP contribution in [0.4, 0.5) is 0 Å². The molecule has 0 saturated heterocycles. The molecule has 1 heterocycles. The fourth-order valence-electron chi connectivity index (χ4n) is 1.80. The van der Waals surface area contributed by atoms with Gasteiger partial charge in [-0.05, 0) is 26.0 Å². The molecule has 0 saturated carbocycles. The first-order chi connectivity index (χ1) is 7.47. The third-order valence-corrected chi connectivity index (χ3v) is 4.45. The van der Waals surface area contributed by atoms with E-state index in [9.17, 15) is 4.79 Å². The van der Waals surface area contributed by atoms with Crippen LogP contribution < -0.4 is 4.74 Å². The third-order valence-electron chi connectivity index (χ3n) is 2.79. The summed E-state index contributed by atoms with van der Waals surface area (Å²) in [6.45, 7) is 3.86. The van der Waals surface area contributed by atoms with Gasteiger partial charge in [0.25, 0.3) is 0 Å². The molecular formula is C12H13ClO2S. The van der Waals surface area contributed by atoms with E-state index in [4.69, 9.17) is 16.3 Å². The molecule has 0 fully saturated rings. The molecule has 2 rings (SSSR count). The molecule has 4 heteroatoms. The standard InChI is InChI=1S/C12H13ClO2S/c1-12(2)11(14)10-7(6-16-12)9(15-3)5-4-8(10)13/h4-5H,6H2,1-3H3. The number of rotatable bonds is 1. The summed E-state index contributed by atoms with van der Waals surface area (Å²) in [5, 5.41) is 0.522. The molecular weight excluding hydrogens is 244 g/mol. The van der Waals surface area contributed by atoms with Gasteiger partial charge in [0.2, 0.25) is 0 Å². The molecule has 1 aromatic carbocycles. The maximum atomic E-state index is 12.3. The molecule has 0 atom stereocenters. The summed E-state index contributed by atoms with van der Waals surface area (Å²) in [6.07, 6.45) is 0. The fourth-order valence-corrected chi connectivity index (χ4v) is 3.09. The molecule has 0 spiro atoms. The molecule has 2 nitrogen and oxygen atoms in total. The highest BCUT2D eigenvalue weighted by Gasteiger charge is 2.37. The van der Waals surface area contributed by atoms with E-state index in [1.807, 2.05) is 19.9 Å². The van der Waals surface area contributed by atoms with E-state index in [2.05, 4.69) is 0 Å². The lowest BCUT2D eigenvalue weighted by Crippen LogP contribution is -2.32. The van der Waals surface area contributed by atoms with Crippen molar-refractivity contribution in [1.82, 2.24) is 0 Å². The monoisotopic (exact) mass is 256 g/mol. The number of carbonyl (C=O) groups excluding carboxylic acids is 1. The van der Waals surface area contributed by atoms with Crippen LogP contribution in [0.2, 0.25) is 5.02 Å². The number of hydrogen-bond donors (Lipinski definition) is 0. The molecule has 1 aromatic rings. The number of carbonyl (C=O) groups is 1.